The topological polar surface area (TPSA) is 85.0 Å². The van der Waals surface area contributed by atoms with Crippen LogP contribution in [0.1, 0.15) is 10.5 Å². The predicted octanol–water partition coefficient (Wildman–Crippen LogP) is 0.0513. The van der Waals surface area contributed by atoms with E-state index in [-0.39, 0.29) is 11.0 Å². The maximum Gasteiger partial charge on any atom is 0.290 e. The number of nitrogens with zero attached hydrogens (tertiary/aromatic N) is 2. The summed E-state index contributed by atoms with van der Waals surface area (Å²) in [6.07, 6.45) is 0. The molecule has 0 saturated heterocycles. The van der Waals surface area contributed by atoms with Crippen molar-refractivity contribution >= 4 is 34.1 Å². The number of benzene rings is 1. The molecule has 4 N–H and O–H groups in total. The zero-order valence-electron chi connectivity index (χ0n) is 9.10. The smallest absolute Gasteiger partial charge is 0.290 e. The van der Waals surface area contributed by atoms with Gasteiger partial charge in [-0.25, -0.2) is 0 Å². The van der Waals surface area contributed by atoms with Crippen LogP contribution in [-0.4, -0.2) is 20.8 Å². The molecule has 2 rings (SSSR count). The maximum absolute atomic E-state index is 11.8. The molecule has 0 bridgehead atoms. The monoisotopic (exact) mass is 249 g/mol. The number of hydrogen-bond acceptors (Lipinski definition) is 3. The Balaban J connectivity index is 2.35. The van der Waals surface area contributed by atoms with Crippen molar-refractivity contribution in [2.45, 2.75) is 0 Å². The van der Waals surface area contributed by atoms with E-state index < -0.39 is 0 Å². The van der Waals surface area contributed by atoms with E-state index in [1.54, 1.807) is 11.7 Å². The third kappa shape index (κ3) is 2.18. The van der Waals surface area contributed by atoms with Gasteiger partial charge in [0.2, 0.25) is 0 Å². The van der Waals surface area contributed by atoms with Crippen molar-refractivity contribution in [3.05, 3.63) is 30.0 Å². The number of thiocarbonyl (C=S) groups is 1. The van der Waals surface area contributed by atoms with Gasteiger partial charge >= 0.3 is 0 Å². The second kappa shape index (κ2) is 4.38. The molecule has 0 radical (unpaired) electrons. The number of carbonyl (C=O) groups is 1. The van der Waals surface area contributed by atoms with Crippen LogP contribution in [0, 0.1) is 0 Å². The Morgan fingerprint density at radius 1 is 1.41 bits per heavy atom. The van der Waals surface area contributed by atoms with Crippen LogP contribution in [0.3, 0.4) is 0 Å². The number of hydrogen-bond donors (Lipinski definition) is 3. The quantitative estimate of drug-likeness (QED) is 0.491. The van der Waals surface area contributed by atoms with Gasteiger partial charge in [0.1, 0.15) is 0 Å². The fourth-order valence-corrected chi connectivity index (χ4v) is 1.61. The third-order valence-electron chi connectivity index (χ3n) is 2.27. The molecular formula is C10H11N5OS. The largest absolute Gasteiger partial charge is 0.375 e. The van der Waals surface area contributed by atoms with E-state index in [2.05, 4.69) is 28.2 Å². The maximum atomic E-state index is 11.8. The molecule has 17 heavy (non-hydrogen) atoms. The first-order valence-corrected chi connectivity index (χ1v) is 5.28. The number of aromatic nitrogens is 2. The van der Waals surface area contributed by atoms with Gasteiger partial charge in [-0.1, -0.05) is 18.2 Å². The second-order valence-corrected chi connectivity index (χ2v) is 3.87. The van der Waals surface area contributed by atoms with Gasteiger partial charge in [0.15, 0.2) is 10.8 Å². The zero-order chi connectivity index (χ0) is 12.4. The molecule has 0 aliphatic heterocycles. The van der Waals surface area contributed by atoms with Crippen LogP contribution >= 0.6 is 12.2 Å². The predicted molar refractivity (Wildman–Crippen MR) is 68.1 cm³/mol. The van der Waals surface area contributed by atoms with Crippen LogP contribution < -0.4 is 16.6 Å². The van der Waals surface area contributed by atoms with E-state index in [1.165, 1.54) is 0 Å². The summed E-state index contributed by atoms with van der Waals surface area (Å²) in [5.74, 6) is -0.380. The minimum atomic E-state index is -0.380. The molecule has 6 nitrogen and oxygen atoms in total. The van der Waals surface area contributed by atoms with E-state index in [0.717, 1.165) is 10.9 Å². The molecule has 1 amide bonds. The van der Waals surface area contributed by atoms with E-state index in [4.69, 9.17) is 5.73 Å². The van der Waals surface area contributed by atoms with Crippen LogP contribution in [0.4, 0.5) is 0 Å². The van der Waals surface area contributed by atoms with Crippen molar-refractivity contribution in [3.8, 4) is 0 Å². The first kappa shape index (κ1) is 11.3. The van der Waals surface area contributed by atoms with Gasteiger partial charge < -0.3 is 5.73 Å². The lowest BCUT2D eigenvalue weighted by molar-refractivity contribution is 0.0940. The Morgan fingerprint density at radius 3 is 2.82 bits per heavy atom. The Bertz CT molecular complexity index is 591. The average Bonchev–Trinajstić information content (AvgIpc) is 2.65. The number of fused-ring (bicyclic) bond motifs is 1. The minimum Gasteiger partial charge on any atom is -0.375 e. The molecular weight excluding hydrogens is 238 g/mol. The minimum absolute atomic E-state index is 0.00131. The van der Waals surface area contributed by atoms with Crippen molar-refractivity contribution in [2.75, 3.05) is 0 Å². The van der Waals surface area contributed by atoms with Gasteiger partial charge in [-0.3, -0.25) is 20.3 Å². The fourth-order valence-electron chi connectivity index (χ4n) is 1.56. The molecule has 0 fully saturated rings. The molecule has 2 aromatic rings. The zero-order valence-corrected chi connectivity index (χ0v) is 9.91. The standard InChI is InChI=1S/C10H11N5OS/c1-15-7-5-3-2-4-6(7)8(14-15)9(16)12-13-10(11)17/h2-5H,1H3,(H,12,16)(H3,11,13,17). The first-order valence-electron chi connectivity index (χ1n) is 4.87. The lowest BCUT2D eigenvalue weighted by atomic mass is 10.2. The Labute approximate surface area is 103 Å². The number of hydrazine groups is 1. The number of rotatable bonds is 1. The van der Waals surface area contributed by atoms with Gasteiger partial charge in [-0.05, 0) is 18.3 Å². The van der Waals surface area contributed by atoms with E-state index in [0.29, 0.717) is 5.69 Å². The average molecular weight is 249 g/mol. The number of nitrogens with one attached hydrogen (secondary N) is 2. The number of para-hydroxylation sites is 1. The summed E-state index contributed by atoms with van der Waals surface area (Å²) in [5, 5.41) is 4.92. The van der Waals surface area contributed by atoms with Gasteiger partial charge in [-0.15, -0.1) is 0 Å². The van der Waals surface area contributed by atoms with Crippen molar-refractivity contribution < 1.29 is 4.79 Å². The third-order valence-corrected chi connectivity index (χ3v) is 2.37. The number of carbonyl (C=O) groups excluding carboxylic acids is 1. The summed E-state index contributed by atoms with van der Waals surface area (Å²) in [7, 11) is 1.78. The molecule has 0 aliphatic carbocycles. The SMILES string of the molecule is Cn1nc(C(=O)NNC(N)=S)c2ccccc21. The van der Waals surface area contributed by atoms with Gasteiger partial charge in [0.25, 0.3) is 5.91 Å². The summed E-state index contributed by atoms with van der Waals surface area (Å²) in [5.41, 5.74) is 11.2. The Hall–Kier alpha value is -2.15. The molecule has 0 spiro atoms. The molecule has 88 valence electrons. The van der Waals surface area contributed by atoms with Gasteiger partial charge in [0, 0.05) is 12.4 Å². The molecule has 0 aliphatic rings. The van der Waals surface area contributed by atoms with Crippen molar-refractivity contribution in [3.63, 3.8) is 0 Å². The van der Waals surface area contributed by atoms with Crippen molar-refractivity contribution in [1.29, 1.82) is 0 Å². The summed E-state index contributed by atoms with van der Waals surface area (Å²) < 4.78 is 1.64. The van der Waals surface area contributed by atoms with Gasteiger partial charge in [-0.2, -0.15) is 5.10 Å². The molecule has 1 heterocycles. The highest BCUT2D eigenvalue weighted by Crippen LogP contribution is 2.16. The normalized spacial score (nSPS) is 10.2. The highest BCUT2D eigenvalue weighted by Gasteiger charge is 2.15. The highest BCUT2D eigenvalue weighted by molar-refractivity contribution is 7.80. The van der Waals surface area contributed by atoms with Crippen LogP contribution in [0.2, 0.25) is 0 Å². The fraction of sp³-hybridized carbons (Fsp3) is 0.100. The molecule has 7 heteroatoms. The Morgan fingerprint density at radius 2 is 2.12 bits per heavy atom. The summed E-state index contributed by atoms with van der Waals surface area (Å²) in [4.78, 5) is 11.8. The van der Waals surface area contributed by atoms with Crippen molar-refractivity contribution in [2.24, 2.45) is 12.8 Å². The molecule has 0 atom stereocenters. The van der Waals surface area contributed by atoms with Crippen LogP contribution in [0.25, 0.3) is 10.9 Å². The second-order valence-electron chi connectivity index (χ2n) is 3.43. The van der Waals surface area contributed by atoms with E-state index in [1.807, 2.05) is 24.3 Å². The van der Waals surface area contributed by atoms with Crippen LogP contribution in [-0.2, 0) is 7.05 Å². The lowest BCUT2D eigenvalue weighted by Gasteiger charge is -2.03. The van der Waals surface area contributed by atoms with Crippen molar-refractivity contribution in [1.82, 2.24) is 20.6 Å². The Kier molecular flexibility index (Phi) is 2.92. The van der Waals surface area contributed by atoms with Gasteiger partial charge in [0.05, 0.1) is 5.52 Å². The summed E-state index contributed by atoms with van der Waals surface area (Å²) >= 11 is 4.59. The number of nitrogens with two attached hydrogens (primary N) is 1. The number of aryl methyl sites for hydroxylation is 1. The van der Waals surface area contributed by atoms with E-state index >= 15 is 0 Å². The molecule has 1 aromatic carbocycles. The summed E-state index contributed by atoms with van der Waals surface area (Å²) in [6.45, 7) is 0. The van der Waals surface area contributed by atoms with Crippen LogP contribution in [0.5, 0.6) is 0 Å². The molecule has 1 aromatic heterocycles. The van der Waals surface area contributed by atoms with E-state index in [9.17, 15) is 4.79 Å². The molecule has 0 unspecified atom stereocenters. The summed E-state index contributed by atoms with van der Waals surface area (Å²) in [6, 6.07) is 7.46. The highest BCUT2D eigenvalue weighted by atomic mass is 32.1. The van der Waals surface area contributed by atoms with Crippen LogP contribution in [0.15, 0.2) is 24.3 Å². The lowest BCUT2D eigenvalue weighted by Crippen LogP contribution is -2.44. The number of amides is 1. The molecule has 0 saturated carbocycles. The first-order chi connectivity index (χ1) is 8.09.